The highest BCUT2D eigenvalue weighted by Gasteiger charge is 2.30. The molecule has 1 aromatic carbocycles. The van der Waals surface area contributed by atoms with Crippen molar-refractivity contribution >= 4 is 11.9 Å². The summed E-state index contributed by atoms with van der Waals surface area (Å²) in [5.41, 5.74) is 1.40. The van der Waals surface area contributed by atoms with Crippen molar-refractivity contribution in [2.75, 3.05) is 20.3 Å². The summed E-state index contributed by atoms with van der Waals surface area (Å²) in [6.07, 6.45) is 0.433. The van der Waals surface area contributed by atoms with Crippen molar-refractivity contribution in [3.63, 3.8) is 0 Å². The van der Waals surface area contributed by atoms with Crippen LogP contribution < -0.4 is 5.32 Å². The van der Waals surface area contributed by atoms with E-state index in [9.17, 15) is 9.59 Å². The lowest BCUT2D eigenvalue weighted by molar-refractivity contribution is -0.130. The van der Waals surface area contributed by atoms with Gasteiger partial charge in [-0.15, -0.1) is 0 Å². The lowest BCUT2D eigenvalue weighted by Gasteiger charge is -2.23. The van der Waals surface area contributed by atoms with Crippen LogP contribution in [-0.4, -0.2) is 38.2 Å². The fourth-order valence-electron chi connectivity index (χ4n) is 2.02. The van der Waals surface area contributed by atoms with Crippen LogP contribution in [0.5, 0.6) is 0 Å². The molecular formula is C14H17NO4. The fourth-order valence-corrected chi connectivity index (χ4v) is 2.02. The molecule has 5 nitrogen and oxygen atoms in total. The van der Waals surface area contributed by atoms with Crippen molar-refractivity contribution in [1.29, 1.82) is 0 Å². The molecule has 0 saturated carbocycles. The van der Waals surface area contributed by atoms with E-state index < -0.39 is 12.1 Å². The zero-order valence-electron chi connectivity index (χ0n) is 10.8. The number of carbonyl (C=O) groups excluding carboxylic acids is 2. The average Bonchev–Trinajstić information content (AvgIpc) is 2.43. The molecule has 1 amide bonds. The molecule has 5 heteroatoms. The third-order valence-corrected chi connectivity index (χ3v) is 3.01. The van der Waals surface area contributed by atoms with Crippen molar-refractivity contribution < 1.29 is 19.1 Å². The Bertz CT molecular complexity index is 472. The van der Waals surface area contributed by atoms with E-state index in [2.05, 4.69) is 5.32 Å². The van der Waals surface area contributed by atoms with Gasteiger partial charge in [-0.05, 0) is 18.1 Å². The molecule has 0 unspecified atom stereocenters. The number of ether oxygens (including phenoxy) is 2. The smallest absolute Gasteiger partial charge is 0.339 e. The predicted molar refractivity (Wildman–Crippen MR) is 68.9 cm³/mol. The minimum atomic E-state index is -0.732. The first kappa shape index (κ1) is 13.5. The standard InChI is InChI=1S/C14H17NO4/c1-18-8-4-7-15-13(16)12-9-10-5-2-3-6-11(10)14(17)19-12/h2-3,5-6,12H,4,7-9H2,1H3,(H,15,16)/t12-/m1/s1. The summed E-state index contributed by atoms with van der Waals surface area (Å²) in [6, 6.07) is 7.20. The average molecular weight is 263 g/mol. The summed E-state index contributed by atoms with van der Waals surface area (Å²) < 4.78 is 10.0. The first-order chi connectivity index (χ1) is 9.22. The Labute approximate surface area is 111 Å². The van der Waals surface area contributed by atoms with Crippen LogP contribution in [0.15, 0.2) is 24.3 Å². The van der Waals surface area contributed by atoms with E-state index in [4.69, 9.17) is 9.47 Å². The highest BCUT2D eigenvalue weighted by atomic mass is 16.5. The highest BCUT2D eigenvalue weighted by Crippen LogP contribution is 2.20. The van der Waals surface area contributed by atoms with Crippen molar-refractivity contribution in [3.05, 3.63) is 35.4 Å². The normalized spacial score (nSPS) is 17.5. The molecule has 0 aromatic heterocycles. The fraction of sp³-hybridized carbons (Fsp3) is 0.429. The van der Waals surface area contributed by atoms with Gasteiger partial charge in [-0.2, -0.15) is 0 Å². The van der Waals surface area contributed by atoms with Crippen molar-refractivity contribution in [2.24, 2.45) is 0 Å². The Kier molecular flexibility index (Phi) is 4.52. The molecule has 1 aliphatic rings. The summed E-state index contributed by atoms with van der Waals surface area (Å²) in [5.74, 6) is -0.683. The van der Waals surface area contributed by atoms with Gasteiger partial charge in [0.25, 0.3) is 5.91 Å². The second-order valence-corrected chi connectivity index (χ2v) is 4.39. The van der Waals surface area contributed by atoms with Gasteiger partial charge in [0.1, 0.15) is 0 Å². The minimum Gasteiger partial charge on any atom is -0.448 e. The maximum atomic E-state index is 11.9. The Morgan fingerprint density at radius 2 is 2.26 bits per heavy atom. The van der Waals surface area contributed by atoms with Gasteiger partial charge < -0.3 is 14.8 Å². The van der Waals surface area contributed by atoms with E-state index >= 15 is 0 Å². The third kappa shape index (κ3) is 3.32. The van der Waals surface area contributed by atoms with E-state index in [-0.39, 0.29) is 5.91 Å². The van der Waals surface area contributed by atoms with Crippen molar-refractivity contribution in [3.8, 4) is 0 Å². The van der Waals surface area contributed by atoms with E-state index in [1.165, 1.54) is 0 Å². The Hall–Kier alpha value is -1.88. The Morgan fingerprint density at radius 3 is 3.05 bits per heavy atom. The van der Waals surface area contributed by atoms with Gasteiger partial charge in [-0.1, -0.05) is 18.2 Å². The number of methoxy groups -OCH3 is 1. The number of rotatable bonds is 5. The lowest BCUT2D eigenvalue weighted by atomic mass is 9.98. The molecule has 1 aliphatic heterocycles. The summed E-state index contributed by atoms with van der Waals surface area (Å²) in [5, 5.41) is 2.74. The SMILES string of the molecule is COCCCNC(=O)[C@H]1Cc2ccccc2C(=O)O1. The topological polar surface area (TPSA) is 64.6 Å². The highest BCUT2D eigenvalue weighted by molar-refractivity contribution is 5.95. The number of hydrogen-bond acceptors (Lipinski definition) is 4. The van der Waals surface area contributed by atoms with Crippen molar-refractivity contribution in [1.82, 2.24) is 5.32 Å². The molecule has 0 spiro atoms. The predicted octanol–water partition coefficient (Wildman–Crippen LogP) is 0.921. The second-order valence-electron chi connectivity index (χ2n) is 4.39. The number of amides is 1. The van der Waals surface area contributed by atoms with Gasteiger partial charge in [0.15, 0.2) is 6.10 Å². The van der Waals surface area contributed by atoms with Gasteiger partial charge in [-0.25, -0.2) is 4.79 Å². The van der Waals surface area contributed by atoms with Crippen LogP contribution in [0.25, 0.3) is 0 Å². The second kappa shape index (κ2) is 6.33. The monoisotopic (exact) mass is 263 g/mol. The molecule has 1 N–H and O–H groups in total. The molecule has 19 heavy (non-hydrogen) atoms. The van der Waals surface area contributed by atoms with Gasteiger partial charge >= 0.3 is 5.97 Å². The Balaban J connectivity index is 1.93. The van der Waals surface area contributed by atoms with E-state index in [1.54, 1.807) is 19.2 Å². The molecule has 1 aromatic rings. The zero-order chi connectivity index (χ0) is 13.7. The quantitative estimate of drug-likeness (QED) is 0.634. The first-order valence-electron chi connectivity index (χ1n) is 6.28. The van der Waals surface area contributed by atoms with Gasteiger partial charge in [0, 0.05) is 26.7 Å². The van der Waals surface area contributed by atoms with Crippen LogP contribution in [-0.2, 0) is 20.7 Å². The van der Waals surface area contributed by atoms with Crippen LogP contribution in [0.2, 0.25) is 0 Å². The number of benzene rings is 1. The lowest BCUT2D eigenvalue weighted by Crippen LogP contribution is -2.42. The molecule has 0 fully saturated rings. The van der Waals surface area contributed by atoms with E-state index in [0.717, 1.165) is 12.0 Å². The van der Waals surface area contributed by atoms with Crippen LogP contribution in [0.3, 0.4) is 0 Å². The summed E-state index contributed by atoms with van der Waals surface area (Å²) in [4.78, 5) is 23.6. The number of cyclic esters (lactones) is 1. The summed E-state index contributed by atoms with van der Waals surface area (Å²) in [7, 11) is 1.61. The number of carbonyl (C=O) groups is 2. The maximum absolute atomic E-state index is 11.9. The molecule has 102 valence electrons. The van der Waals surface area contributed by atoms with Gasteiger partial charge in [-0.3, -0.25) is 4.79 Å². The van der Waals surface area contributed by atoms with Crippen LogP contribution >= 0.6 is 0 Å². The molecule has 0 radical (unpaired) electrons. The summed E-state index contributed by atoms with van der Waals surface area (Å²) >= 11 is 0. The van der Waals surface area contributed by atoms with Crippen LogP contribution in [0, 0.1) is 0 Å². The van der Waals surface area contributed by atoms with Crippen LogP contribution in [0.4, 0.5) is 0 Å². The minimum absolute atomic E-state index is 0.251. The third-order valence-electron chi connectivity index (χ3n) is 3.01. The summed E-state index contributed by atoms with van der Waals surface area (Å²) in [6.45, 7) is 1.11. The molecule has 2 rings (SSSR count). The Morgan fingerprint density at radius 1 is 1.47 bits per heavy atom. The molecule has 0 aliphatic carbocycles. The number of esters is 1. The maximum Gasteiger partial charge on any atom is 0.339 e. The van der Waals surface area contributed by atoms with E-state index in [1.807, 2.05) is 12.1 Å². The molecule has 0 bridgehead atoms. The number of fused-ring (bicyclic) bond motifs is 1. The van der Waals surface area contributed by atoms with E-state index in [0.29, 0.717) is 25.1 Å². The van der Waals surface area contributed by atoms with Gasteiger partial charge in [0.2, 0.25) is 0 Å². The zero-order valence-corrected chi connectivity index (χ0v) is 10.8. The van der Waals surface area contributed by atoms with Gasteiger partial charge in [0.05, 0.1) is 5.56 Å². The van der Waals surface area contributed by atoms with Crippen molar-refractivity contribution in [2.45, 2.75) is 18.9 Å². The largest absolute Gasteiger partial charge is 0.448 e. The van der Waals surface area contributed by atoms with Crippen LogP contribution in [0.1, 0.15) is 22.3 Å². The molecule has 0 saturated heterocycles. The first-order valence-corrected chi connectivity index (χ1v) is 6.28. The molecule has 1 heterocycles. The molecule has 1 atom stereocenters. The molecular weight excluding hydrogens is 246 g/mol. The number of hydrogen-bond donors (Lipinski definition) is 1. The number of nitrogens with one attached hydrogen (secondary N) is 1.